The lowest BCUT2D eigenvalue weighted by Gasteiger charge is -2.35. The second kappa shape index (κ2) is 6.21. The molecule has 1 aliphatic carbocycles. The molecule has 21 heavy (non-hydrogen) atoms. The lowest BCUT2D eigenvalue weighted by molar-refractivity contribution is -0.117. The van der Waals surface area contributed by atoms with Crippen molar-refractivity contribution in [2.75, 3.05) is 17.2 Å². The van der Waals surface area contributed by atoms with Gasteiger partial charge in [0.2, 0.25) is 5.91 Å². The van der Waals surface area contributed by atoms with Gasteiger partial charge in [-0.25, -0.2) is 0 Å². The fourth-order valence-electron chi connectivity index (χ4n) is 3.68. The molecule has 4 heteroatoms. The van der Waals surface area contributed by atoms with E-state index in [-0.39, 0.29) is 11.3 Å². The number of amides is 1. The van der Waals surface area contributed by atoms with Crippen LogP contribution < -0.4 is 4.90 Å². The Morgan fingerprint density at radius 3 is 2.57 bits per heavy atom. The number of benzene rings is 1. The van der Waals surface area contributed by atoms with Crippen molar-refractivity contribution in [3.8, 4) is 0 Å². The standard InChI is InChI=1S/C17H22ClNOS/c18-14-6-5-13-9-16(20)19(15(13)10-14)11-17(12-21)7-3-1-2-4-8-17/h5-6,10,21H,1-4,7-9,11-12H2. The van der Waals surface area contributed by atoms with Crippen molar-refractivity contribution in [3.05, 3.63) is 28.8 Å². The highest BCUT2D eigenvalue weighted by Gasteiger charge is 2.37. The molecule has 0 saturated heterocycles. The number of nitrogens with zero attached hydrogens (tertiary/aromatic N) is 1. The maximum atomic E-state index is 12.4. The fraction of sp³-hybridized carbons (Fsp3) is 0.588. The van der Waals surface area contributed by atoms with Crippen LogP contribution in [0.2, 0.25) is 5.02 Å². The molecule has 1 aromatic rings. The second-order valence-electron chi connectivity index (χ2n) is 6.50. The van der Waals surface area contributed by atoms with Gasteiger partial charge in [0, 0.05) is 17.3 Å². The third kappa shape index (κ3) is 3.09. The smallest absolute Gasteiger partial charge is 0.231 e. The first kappa shape index (κ1) is 15.2. The average Bonchev–Trinajstić information content (AvgIpc) is 2.67. The number of fused-ring (bicyclic) bond motifs is 1. The molecule has 0 unspecified atom stereocenters. The summed E-state index contributed by atoms with van der Waals surface area (Å²) in [5, 5.41) is 0.703. The second-order valence-corrected chi connectivity index (χ2v) is 7.25. The minimum absolute atomic E-state index is 0.166. The Hall–Kier alpha value is -0.670. The molecule has 2 nitrogen and oxygen atoms in total. The van der Waals surface area contributed by atoms with Gasteiger partial charge in [-0.3, -0.25) is 4.79 Å². The molecular formula is C17H22ClNOS. The van der Waals surface area contributed by atoms with Crippen molar-refractivity contribution in [2.24, 2.45) is 5.41 Å². The number of anilines is 1. The van der Waals surface area contributed by atoms with Crippen molar-refractivity contribution in [2.45, 2.75) is 44.9 Å². The SMILES string of the molecule is O=C1Cc2ccc(Cl)cc2N1CC1(CS)CCCCCC1. The third-order valence-corrected chi connectivity index (χ3v) is 5.88. The van der Waals surface area contributed by atoms with E-state index < -0.39 is 0 Å². The van der Waals surface area contributed by atoms with Crippen molar-refractivity contribution >= 4 is 35.8 Å². The summed E-state index contributed by atoms with van der Waals surface area (Å²) < 4.78 is 0. The lowest BCUT2D eigenvalue weighted by Crippen LogP contribution is -2.40. The van der Waals surface area contributed by atoms with Gasteiger partial charge in [-0.15, -0.1) is 0 Å². The molecule has 0 radical (unpaired) electrons. The minimum Gasteiger partial charge on any atom is -0.311 e. The molecular weight excluding hydrogens is 302 g/mol. The van der Waals surface area contributed by atoms with Crippen molar-refractivity contribution in [1.82, 2.24) is 0 Å². The zero-order valence-corrected chi connectivity index (χ0v) is 13.9. The van der Waals surface area contributed by atoms with Crippen LogP contribution >= 0.6 is 24.2 Å². The average molecular weight is 324 g/mol. The molecule has 0 aromatic heterocycles. The summed E-state index contributed by atoms with van der Waals surface area (Å²) in [6.45, 7) is 0.794. The Bertz CT molecular complexity index is 538. The zero-order chi connectivity index (χ0) is 14.9. The van der Waals surface area contributed by atoms with Crippen molar-refractivity contribution in [3.63, 3.8) is 0 Å². The van der Waals surface area contributed by atoms with Crippen LogP contribution in [0, 0.1) is 5.41 Å². The quantitative estimate of drug-likeness (QED) is 0.641. The Morgan fingerprint density at radius 1 is 1.19 bits per heavy atom. The van der Waals surface area contributed by atoms with E-state index >= 15 is 0 Å². The van der Waals surface area contributed by atoms with E-state index in [0.29, 0.717) is 11.4 Å². The van der Waals surface area contributed by atoms with Gasteiger partial charge in [0.1, 0.15) is 0 Å². The van der Waals surface area contributed by atoms with E-state index in [1.807, 2.05) is 23.1 Å². The Morgan fingerprint density at radius 2 is 1.90 bits per heavy atom. The molecule has 1 saturated carbocycles. The lowest BCUT2D eigenvalue weighted by atomic mass is 9.81. The maximum Gasteiger partial charge on any atom is 0.231 e. The Kier molecular flexibility index (Phi) is 4.51. The molecule has 0 atom stereocenters. The molecule has 114 valence electrons. The van der Waals surface area contributed by atoms with E-state index in [9.17, 15) is 4.79 Å². The van der Waals surface area contributed by atoms with Gasteiger partial charge in [-0.1, -0.05) is 43.4 Å². The largest absolute Gasteiger partial charge is 0.311 e. The van der Waals surface area contributed by atoms with Crippen LogP contribution in [0.1, 0.15) is 44.1 Å². The van der Waals surface area contributed by atoms with Crippen molar-refractivity contribution < 1.29 is 4.79 Å². The van der Waals surface area contributed by atoms with Gasteiger partial charge < -0.3 is 4.90 Å². The predicted octanol–water partition coefficient (Wildman–Crippen LogP) is 4.50. The molecule has 1 aliphatic heterocycles. The summed E-state index contributed by atoms with van der Waals surface area (Å²) in [5.41, 5.74) is 2.28. The van der Waals surface area contributed by atoms with E-state index in [0.717, 1.165) is 23.5 Å². The maximum absolute atomic E-state index is 12.4. The zero-order valence-electron chi connectivity index (χ0n) is 12.3. The van der Waals surface area contributed by atoms with E-state index in [4.69, 9.17) is 11.6 Å². The van der Waals surface area contributed by atoms with Crippen LogP contribution in [0.15, 0.2) is 18.2 Å². The fourth-order valence-corrected chi connectivity index (χ4v) is 4.27. The summed E-state index contributed by atoms with van der Waals surface area (Å²) >= 11 is 10.7. The van der Waals surface area contributed by atoms with E-state index in [1.54, 1.807) is 0 Å². The summed E-state index contributed by atoms with van der Waals surface area (Å²) in [5.74, 6) is 1.06. The summed E-state index contributed by atoms with van der Waals surface area (Å²) in [6.07, 6.45) is 8.00. The van der Waals surface area contributed by atoms with Gasteiger partial charge in [-0.05, 0) is 41.7 Å². The number of carbonyl (C=O) groups is 1. The first-order valence-corrected chi connectivity index (χ1v) is 8.84. The molecule has 1 fully saturated rings. The molecule has 0 spiro atoms. The van der Waals surface area contributed by atoms with Crippen LogP contribution in [0.4, 0.5) is 5.69 Å². The van der Waals surface area contributed by atoms with Crippen LogP contribution in [-0.4, -0.2) is 18.2 Å². The van der Waals surface area contributed by atoms with Gasteiger partial charge >= 0.3 is 0 Å². The van der Waals surface area contributed by atoms with Crippen LogP contribution in [-0.2, 0) is 11.2 Å². The molecule has 0 N–H and O–H groups in total. The Labute approximate surface area is 137 Å². The van der Waals surface area contributed by atoms with Gasteiger partial charge in [0.25, 0.3) is 0 Å². The highest BCUT2D eigenvalue weighted by Crippen LogP contribution is 2.40. The number of carbonyl (C=O) groups excluding carboxylic acids is 1. The molecule has 3 rings (SSSR count). The first-order chi connectivity index (χ1) is 10.1. The summed E-state index contributed by atoms with van der Waals surface area (Å²) in [7, 11) is 0. The minimum atomic E-state index is 0.166. The van der Waals surface area contributed by atoms with E-state index in [1.165, 1.54) is 38.5 Å². The van der Waals surface area contributed by atoms with Crippen LogP contribution in [0.5, 0.6) is 0 Å². The summed E-state index contributed by atoms with van der Waals surface area (Å²) in [6, 6.07) is 5.79. The summed E-state index contributed by atoms with van der Waals surface area (Å²) in [4.78, 5) is 14.4. The van der Waals surface area contributed by atoms with Crippen LogP contribution in [0.3, 0.4) is 0 Å². The number of hydrogen-bond acceptors (Lipinski definition) is 2. The van der Waals surface area contributed by atoms with Gasteiger partial charge in [-0.2, -0.15) is 12.6 Å². The topological polar surface area (TPSA) is 20.3 Å². The first-order valence-electron chi connectivity index (χ1n) is 7.83. The van der Waals surface area contributed by atoms with Crippen LogP contribution in [0.25, 0.3) is 0 Å². The molecule has 1 aromatic carbocycles. The Balaban J connectivity index is 1.86. The van der Waals surface area contributed by atoms with Crippen molar-refractivity contribution in [1.29, 1.82) is 0 Å². The molecule has 0 bridgehead atoms. The predicted molar refractivity (Wildman–Crippen MR) is 91.5 cm³/mol. The monoisotopic (exact) mass is 323 g/mol. The van der Waals surface area contributed by atoms with Gasteiger partial charge in [0.15, 0.2) is 0 Å². The number of thiol groups is 1. The molecule has 1 amide bonds. The molecule has 1 heterocycles. The number of hydrogen-bond donors (Lipinski definition) is 1. The number of rotatable bonds is 3. The normalized spacial score (nSPS) is 21.2. The highest BCUT2D eigenvalue weighted by atomic mass is 35.5. The van der Waals surface area contributed by atoms with E-state index in [2.05, 4.69) is 12.6 Å². The number of halogens is 1. The van der Waals surface area contributed by atoms with Gasteiger partial charge in [0.05, 0.1) is 6.42 Å². The third-order valence-electron chi connectivity index (χ3n) is 4.97. The molecule has 2 aliphatic rings. The highest BCUT2D eigenvalue weighted by molar-refractivity contribution is 7.80.